The summed E-state index contributed by atoms with van der Waals surface area (Å²) in [5.41, 5.74) is 1.38. The summed E-state index contributed by atoms with van der Waals surface area (Å²) in [7, 11) is 0. The molecule has 0 atom stereocenters. The Labute approximate surface area is 92.6 Å². The predicted octanol–water partition coefficient (Wildman–Crippen LogP) is 2.46. The van der Waals surface area contributed by atoms with Crippen LogP contribution in [0.15, 0.2) is 33.5 Å². The molecule has 2 N–H and O–H groups in total. The van der Waals surface area contributed by atoms with Crippen LogP contribution in [-0.4, -0.2) is 10.1 Å². The van der Waals surface area contributed by atoms with E-state index in [0.717, 1.165) is 5.56 Å². The second kappa shape index (κ2) is 3.89. The van der Waals surface area contributed by atoms with E-state index in [-0.39, 0.29) is 11.7 Å². The molecule has 1 aromatic heterocycles. The fourth-order valence-electron chi connectivity index (χ4n) is 1.62. The lowest BCUT2D eigenvalue weighted by Crippen LogP contribution is -1.94. The van der Waals surface area contributed by atoms with Crippen LogP contribution in [0, 0.1) is 0 Å². The summed E-state index contributed by atoms with van der Waals surface area (Å²) in [4.78, 5) is 13.8. The number of phenolic OH excluding ortho intramolecular Hbond substituents is 1. The Morgan fingerprint density at radius 1 is 1.38 bits per heavy atom. The van der Waals surface area contributed by atoms with Gasteiger partial charge in [0.15, 0.2) is 0 Å². The third kappa shape index (κ3) is 1.86. The van der Waals surface area contributed by atoms with E-state index in [1.165, 1.54) is 0 Å². The molecule has 16 heavy (non-hydrogen) atoms. The highest BCUT2D eigenvalue weighted by Gasteiger charge is 2.15. The van der Waals surface area contributed by atoms with Crippen molar-refractivity contribution in [3.63, 3.8) is 0 Å². The van der Waals surface area contributed by atoms with E-state index in [9.17, 15) is 9.90 Å². The highest BCUT2D eigenvalue weighted by atomic mass is 16.4. The summed E-state index contributed by atoms with van der Waals surface area (Å²) in [6, 6.07) is 6.70. The topological polar surface area (TPSA) is 66.2 Å². The van der Waals surface area contributed by atoms with Crippen molar-refractivity contribution in [3.05, 3.63) is 40.6 Å². The van der Waals surface area contributed by atoms with E-state index >= 15 is 0 Å². The van der Waals surface area contributed by atoms with Crippen LogP contribution in [0.5, 0.6) is 5.75 Å². The summed E-state index contributed by atoms with van der Waals surface area (Å²) in [5.74, 6) is 0.406. The van der Waals surface area contributed by atoms with Crippen LogP contribution in [0.2, 0.25) is 0 Å². The first kappa shape index (κ1) is 10.5. The zero-order chi connectivity index (χ0) is 11.7. The molecule has 4 heteroatoms. The number of rotatable bonds is 2. The first-order valence-electron chi connectivity index (χ1n) is 5.10. The molecule has 0 bridgehead atoms. The van der Waals surface area contributed by atoms with Crippen LogP contribution in [0.4, 0.5) is 0 Å². The van der Waals surface area contributed by atoms with Gasteiger partial charge in [-0.2, -0.15) is 0 Å². The number of aromatic nitrogens is 1. The summed E-state index contributed by atoms with van der Waals surface area (Å²) in [6.45, 7) is 3.89. The highest BCUT2D eigenvalue weighted by molar-refractivity contribution is 5.63. The maximum absolute atomic E-state index is 11.2. The Balaban J connectivity index is 2.59. The number of oxazole rings is 1. The Bertz CT molecular complexity index is 551. The van der Waals surface area contributed by atoms with Crippen molar-refractivity contribution in [1.82, 2.24) is 4.98 Å². The van der Waals surface area contributed by atoms with Crippen LogP contribution >= 0.6 is 0 Å². The molecule has 0 radical (unpaired) electrons. The molecule has 1 aromatic carbocycles. The van der Waals surface area contributed by atoms with Crippen LogP contribution < -0.4 is 5.76 Å². The van der Waals surface area contributed by atoms with Gasteiger partial charge in [-0.3, -0.25) is 4.98 Å². The predicted molar refractivity (Wildman–Crippen MR) is 60.5 cm³/mol. The van der Waals surface area contributed by atoms with Crippen molar-refractivity contribution in [2.75, 3.05) is 0 Å². The second-order valence-electron chi connectivity index (χ2n) is 3.96. The van der Waals surface area contributed by atoms with Gasteiger partial charge in [-0.05, 0) is 12.1 Å². The van der Waals surface area contributed by atoms with Crippen molar-refractivity contribution in [2.45, 2.75) is 19.8 Å². The minimum Gasteiger partial charge on any atom is -0.508 e. The molecule has 0 aliphatic heterocycles. The first-order chi connectivity index (χ1) is 7.58. The smallest absolute Gasteiger partial charge is 0.416 e. The lowest BCUT2D eigenvalue weighted by atomic mass is 10.0. The number of aromatic hydroxyl groups is 1. The molecule has 4 nitrogen and oxygen atoms in total. The minimum absolute atomic E-state index is 0.108. The van der Waals surface area contributed by atoms with Crippen LogP contribution in [-0.2, 0) is 0 Å². The fourth-order valence-corrected chi connectivity index (χ4v) is 1.62. The number of phenols is 1. The van der Waals surface area contributed by atoms with E-state index in [1.807, 2.05) is 19.9 Å². The third-order valence-electron chi connectivity index (χ3n) is 2.34. The van der Waals surface area contributed by atoms with Crippen LogP contribution in [0.1, 0.15) is 25.5 Å². The highest BCUT2D eigenvalue weighted by Crippen LogP contribution is 2.28. The molecule has 0 aliphatic carbocycles. The Morgan fingerprint density at radius 3 is 2.75 bits per heavy atom. The molecule has 2 rings (SSSR count). The second-order valence-corrected chi connectivity index (χ2v) is 3.96. The van der Waals surface area contributed by atoms with Crippen molar-refractivity contribution < 1.29 is 9.52 Å². The van der Waals surface area contributed by atoms with Gasteiger partial charge in [-0.1, -0.05) is 26.0 Å². The molecule has 2 aromatic rings. The molecule has 1 heterocycles. The Hall–Kier alpha value is -1.97. The van der Waals surface area contributed by atoms with E-state index in [0.29, 0.717) is 11.5 Å². The number of H-pyrrole nitrogens is 1. The summed E-state index contributed by atoms with van der Waals surface area (Å²) in [6.07, 6.45) is 0. The average Bonchev–Trinajstić information content (AvgIpc) is 2.60. The molecular weight excluding hydrogens is 206 g/mol. The maximum Gasteiger partial charge on any atom is 0.416 e. The molecule has 0 saturated heterocycles. The van der Waals surface area contributed by atoms with Gasteiger partial charge in [-0.15, -0.1) is 0 Å². The van der Waals surface area contributed by atoms with E-state index in [4.69, 9.17) is 4.42 Å². The lowest BCUT2D eigenvalue weighted by Gasteiger charge is -2.04. The Morgan fingerprint density at radius 2 is 2.12 bits per heavy atom. The molecule has 0 saturated carbocycles. The minimum atomic E-state index is -0.470. The van der Waals surface area contributed by atoms with Crippen LogP contribution in [0.25, 0.3) is 11.3 Å². The van der Waals surface area contributed by atoms with Crippen molar-refractivity contribution in [1.29, 1.82) is 0 Å². The van der Waals surface area contributed by atoms with Gasteiger partial charge in [0.1, 0.15) is 11.5 Å². The molecule has 0 spiro atoms. The van der Waals surface area contributed by atoms with Gasteiger partial charge in [0.25, 0.3) is 0 Å². The molecule has 0 fully saturated rings. The molecular formula is C12H13NO3. The normalized spacial score (nSPS) is 10.9. The summed E-state index contributed by atoms with van der Waals surface area (Å²) < 4.78 is 5.08. The van der Waals surface area contributed by atoms with Gasteiger partial charge < -0.3 is 9.52 Å². The van der Waals surface area contributed by atoms with Gasteiger partial charge >= 0.3 is 5.76 Å². The first-order valence-corrected chi connectivity index (χ1v) is 5.10. The number of aromatic amines is 1. The number of hydrogen-bond donors (Lipinski definition) is 2. The van der Waals surface area contributed by atoms with Crippen LogP contribution in [0.3, 0.4) is 0 Å². The average molecular weight is 219 g/mol. The SMILES string of the molecule is CC(C)c1oc(=O)[nH]c1-c1cccc(O)c1. The number of benzene rings is 1. The zero-order valence-electron chi connectivity index (χ0n) is 9.15. The molecule has 0 amide bonds. The Kier molecular flexibility index (Phi) is 2.56. The number of hydrogen-bond acceptors (Lipinski definition) is 3. The molecule has 0 unspecified atom stereocenters. The maximum atomic E-state index is 11.2. The van der Waals surface area contributed by atoms with E-state index < -0.39 is 5.76 Å². The molecule has 84 valence electrons. The number of nitrogens with one attached hydrogen (secondary N) is 1. The van der Waals surface area contributed by atoms with Crippen molar-refractivity contribution in [2.24, 2.45) is 0 Å². The van der Waals surface area contributed by atoms with Gasteiger partial charge in [0.2, 0.25) is 0 Å². The van der Waals surface area contributed by atoms with Gasteiger partial charge in [0.05, 0.1) is 5.69 Å². The zero-order valence-corrected chi connectivity index (χ0v) is 9.15. The lowest BCUT2D eigenvalue weighted by molar-refractivity contribution is 0.451. The van der Waals surface area contributed by atoms with Crippen molar-refractivity contribution in [3.8, 4) is 17.0 Å². The van der Waals surface area contributed by atoms with Gasteiger partial charge in [-0.25, -0.2) is 4.79 Å². The largest absolute Gasteiger partial charge is 0.508 e. The standard InChI is InChI=1S/C12H13NO3/c1-7(2)11-10(13-12(15)16-11)8-4-3-5-9(14)6-8/h3-7,14H,1-2H3,(H,13,15). The van der Waals surface area contributed by atoms with E-state index in [2.05, 4.69) is 4.98 Å². The van der Waals surface area contributed by atoms with E-state index in [1.54, 1.807) is 18.2 Å². The monoisotopic (exact) mass is 219 g/mol. The fraction of sp³-hybridized carbons (Fsp3) is 0.250. The molecule has 0 aliphatic rings. The summed E-state index contributed by atoms with van der Waals surface area (Å²) >= 11 is 0. The third-order valence-corrected chi connectivity index (χ3v) is 2.34. The van der Waals surface area contributed by atoms with Gasteiger partial charge in [0, 0.05) is 11.5 Å². The summed E-state index contributed by atoms with van der Waals surface area (Å²) in [5, 5.41) is 9.39. The van der Waals surface area contributed by atoms with Crippen molar-refractivity contribution >= 4 is 0 Å². The quantitative estimate of drug-likeness (QED) is 0.815.